The Balaban J connectivity index is 1.47. The van der Waals surface area contributed by atoms with E-state index >= 15 is 0 Å². The Labute approximate surface area is 217 Å². The molecule has 1 fully saturated rings. The van der Waals surface area contributed by atoms with Gasteiger partial charge in [0.1, 0.15) is 17.8 Å². The van der Waals surface area contributed by atoms with Crippen LogP contribution in [0.2, 0.25) is 0 Å². The molecular formula is C27H29F4N5O2. The minimum atomic E-state index is -4.64. The lowest BCUT2D eigenvalue weighted by Crippen LogP contribution is -2.35. The van der Waals surface area contributed by atoms with Crippen molar-refractivity contribution in [3.8, 4) is 0 Å². The molecule has 0 saturated carbocycles. The Morgan fingerprint density at radius 1 is 1.16 bits per heavy atom. The topological polar surface area (TPSA) is 72.3 Å². The lowest BCUT2D eigenvalue weighted by Gasteiger charge is -2.33. The fraction of sp³-hybridized carbons (Fsp3) is 0.444. The van der Waals surface area contributed by atoms with Crippen molar-refractivity contribution in [3.63, 3.8) is 0 Å². The molecule has 3 aromatic rings. The lowest BCUT2D eigenvalue weighted by atomic mass is 9.83. The number of rotatable bonds is 8. The summed E-state index contributed by atoms with van der Waals surface area (Å²) in [6.45, 7) is 3.66. The number of aromatic nitrogens is 3. The lowest BCUT2D eigenvalue weighted by molar-refractivity contribution is -0.138. The van der Waals surface area contributed by atoms with Crippen molar-refractivity contribution in [2.24, 2.45) is 13.0 Å². The van der Waals surface area contributed by atoms with Crippen LogP contribution in [0.1, 0.15) is 58.2 Å². The minimum Gasteiger partial charge on any atom is -0.381 e. The zero-order chi connectivity index (χ0) is 27.2. The smallest absolute Gasteiger partial charge is 0.381 e. The van der Waals surface area contributed by atoms with Crippen molar-refractivity contribution in [3.05, 3.63) is 76.4 Å². The average Bonchev–Trinajstić information content (AvgIpc) is 3.37. The summed E-state index contributed by atoms with van der Waals surface area (Å²) in [5.74, 6) is 0.275. The highest BCUT2D eigenvalue weighted by molar-refractivity contribution is 6.10. The van der Waals surface area contributed by atoms with Gasteiger partial charge in [0, 0.05) is 37.3 Å². The number of nitrogens with one attached hydrogen (secondary N) is 1. The van der Waals surface area contributed by atoms with Gasteiger partial charge in [-0.1, -0.05) is 12.1 Å². The second-order valence-electron chi connectivity index (χ2n) is 10.6. The number of carbonyl (C=O) groups excluding carboxylic acids is 1. The SMILES string of the molecule is Cn1cnnc1[C@@H](c1cccc(N2Cc3c(cc(CNCC(C)(C)F)cc3C(F)(F)F)C2=O)c1)C1COC1. The number of alkyl halides is 4. The van der Waals surface area contributed by atoms with E-state index in [1.54, 1.807) is 18.5 Å². The summed E-state index contributed by atoms with van der Waals surface area (Å²) >= 11 is 0. The van der Waals surface area contributed by atoms with E-state index in [4.69, 9.17) is 4.74 Å². The molecule has 11 heteroatoms. The number of fused-ring (bicyclic) bond motifs is 1. The van der Waals surface area contributed by atoms with Crippen LogP contribution < -0.4 is 10.2 Å². The van der Waals surface area contributed by atoms with Crippen molar-refractivity contribution >= 4 is 11.6 Å². The fourth-order valence-electron chi connectivity index (χ4n) is 5.07. The van der Waals surface area contributed by atoms with Gasteiger partial charge in [-0.3, -0.25) is 4.79 Å². The van der Waals surface area contributed by atoms with Crippen LogP contribution in [0.3, 0.4) is 0 Å². The zero-order valence-electron chi connectivity index (χ0n) is 21.3. The number of halogens is 4. The van der Waals surface area contributed by atoms with Gasteiger partial charge in [0.2, 0.25) is 0 Å². The van der Waals surface area contributed by atoms with Gasteiger partial charge in [0.15, 0.2) is 0 Å². The molecule has 2 aliphatic rings. The van der Waals surface area contributed by atoms with E-state index in [-0.39, 0.29) is 48.2 Å². The minimum absolute atomic E-state index is 0.00924. The Morgan fingerprint density at radius 3 is 2.53 bits per heavy atom. The molecule has 1 saturated heterocycles. The van der Waals surface area contributed by atoms with E-state index in [1.165, 1.54) is 24.8 Å². The van der Waals surface area contributed by atoms with Crippen LogP contribution in [0.25, 0.3) is 0 Å². The van der Waals surface area contributed by atoms with Crippen LogP contribution in [0, 0.1) is 5.92 Å². The quantitative estimate of drug-likeness (QED) is 0.430. The maximum absolute atomic E-state index is 14.1. The predicted molar refractivity (Wildman–Crippen MR) is 132 cm³/mol. The second-order valence-corrected chi connectivity index (χ2v) is 10.6. The molecule has 7 nitrogen and oxygen atoms in total. The molecule has 1 atom stereocenters. The van der Waals surface area contributed by atoms with Gasteiger partial charge in [-0.15, -0.1) is 10.2 Å². The molecule has 1 N–H and O–H groups in total. The molecule has 3 heterocycles. The molecule has 2 aliphatic heterocycles. The van der Waals surface area contributed by atoms with Gasteiger partial charge in [-0.2, -0.15) is 13.2 Å². The monoisotopic (exact) mass is 531 g/mol. The highest BCUT2D eigenvalue weighted by Gasteiger charge is 2.41. The third-order valence-electron chi connectivity index (χ3n) is 6.98. The summed E-state index contributed by atoms with van der Waals surface area (Å²) in [6.07, 6.45) is -3.02. The van der Waals surface area contributed by atoms with Gasteiger partial charge < -0.3 is 19.5 Å². The molecule has 202 valence electrons. The maximum atomic E-state index is 14.1. The summed E-state index contributed by atoms with van der Waals surface area (Å²) < 4.78 is 63.2. The van der Waals surface area contributed by atoms with Crippen molar-refractivity contribution in [1.29, 1.82) is 0 Å². The summed E-state index contributed by atoms with van der Waals surface area (Å²) in [5, 5.41) is 11.1. The van der Waals surface area contributed by atoms with Crippen molar-refractivity contribution in [2.45, 2.75) is 44.7 Å². The first-order valence-corrected chi connectivity index (χ1v) is 12.4. The summed E-state index contributed by atoms with van der Waals surface area (Å²) in [5.41, 5.74) is -0.749. The van der Waals surface area contributed by atoms with Gasteiger partial charge in [0.05, 0.1) is 31.2 Å². The molecule has 5 rings (SSSR count). The summed E-state index contributed by atoms with van der Waals surface area (Å²) in [6, 6.07) is 9.79. The standard InChI is InChI=1S/C27H29F4N5O2/c1-26(2,28)14-32-10-16-7-20-21(22(8-16)27(29,30)31)11-36(25(20)37)19-6-4-5-17(9-19)23(18-12-38-13-18)24-34-33-15-35(24)3/h4-9,15,18,23,32H,10-14H2,1-3H3/t23-/m0/s1. The van der Waals surface area contributed by atoms with Gasteiger partial charge >= 0.3 is 6.18 Å². The number of carbonyl (C=O) groups is 1. The van der Waals surface area contributed by atoms with E-state index in [0.717, 1.165) is 17.5 Å². The molecular weight excluding hydrogens is 502 g/mol. The number of anilines is 1. The largest absolute Gasteiger partial charge is 0.416 e. The van der Waals surface area contributed by atoms with Gasteiger partial charge in [-0.05, 0) is 54.8 Å². The van der Waals surface area contributed by atoms with E-state index in [1.807, 2.05) is 23.7 Å². The molecule has 1 aromatic heterocycles. The normalized spacial score (nSPS) is 17.0. The average molecular weight is 532 g/mol. The number of amides is 1. The van der Waals surface area contributed by atoms with Gasteiger partial charge in [0.25, 0.3) is 5.91 Å². The number of benzene rings is 2. The Morgan fingerprint density at radius 2 is 1.92 bits per heavy atom. The van der Waals surface area contributed by atoms with Crippen molar-refractivity contribution in [2.75, 3.05) is 24.7 Å². The van der Waals surface area contributed by atoms with Crippen LogP contribution in [0.5, 0.6) is 0 Å². The number of aryl methyl sites for hydroxylation is 1. The first-order valence-electron chi connectivity index (χ1n) is 12.4. The number of hydrogen-bond donors (Lipinski definition) is 1. The molecule has 0 bridgehead atoms. The summed E-state index contributed by atoms with van der Waals surface area (Å²) in [7, 11) is 1.85. The van der Waals surface area contributed by atoms with Crippen LogP contribution in [-0.2, 0) is 31.1 Å². The van der Waals surface area contributed by atoms with Crippen molar-refractivity contribution < 1.29 is 27.1 Å². The molecule has 0 radical (unpaired) electrons. The third kappa shape index (κ3) is 5.17. The Bertz CT molecular complexity index is 1340. The van der Waals surface area contributed by atoms with E-state index < -0.39 is 23.3 Å². The van der Waals surface area contributed by atoms with Gasteiger partial charge in [-0.25, -0.2) is 4.39 Å². The highest BCUT2D eigenvalue weighted by atomic mass is 19.4. The third-order valence-corrected chi connectivity index (χ3v) is 6.98. The van der Waals surface area contributed by atoms with E-state index in [2.05, 4.69) is 15.5 Å². The molecule has 0 unspecified atom stereocenters. The highest BCUT2D eigenvalue weighted by Crippen LogP contribution is 2.41. The Kier molecular flexibility index (Phi) is 6.77. The predicted octanol–water partition coefficient (Wildman–Crippen LogP) is 4.61. The van der Waals surface area contributed by atoms with E-state index in [0.29, 0.717) is 18.9 Å². The molecule has 2 aromatic carbocycles. The molecule has 38 heavy (non-hydrogen) atoms. The second kappa shape index (κ2) is 9.77. The number of hydrogen-bond acceptors (Lipinski definition) is 5. The van der Waals surface area contributed by atoms with Crippen LogP contribution in [0.15, 0.2) is 42.7 Å². The zero-order valence-corrected chi connectivity index (χ0v) is 21.3. The first kappa shape index (κ1) is 26.3. The molecule has 0 spiro atoms. The van der Waals surface area contributed by atoms with Crippen molar-refractivity contribution in [1.82, 2.24) is 20.1 Å². The summed E-state index contributed by atoms with van der Waals surface area (Å²) in [4.78, 5) is 14.8. The van der Waals surface area contributed by atoms with Crippen LogP contribution in [0.4, 0.5) is 23.2 Å². The van der Waals surface area contributed by atoms with Crippen LogP contribution >= 0.6 is 0 Å². The Hall–Kier alpha value is -3.31. The maximum Gasteiger partial charge on any atom is 0.416 e. The fourth-order valence-corrected chi connectivity index (χ4v) is 5.07. The van der Waals surface area contributed by atoms with Crippen LogP contribution in [-0.4, -0.2) is 46.1 Å². The number of nitrogens with zero attached hydrogens (tertiary/aromatic N) is 4. The number of ether oxygens (including phenoxy) is 1. The van der Waals surface area contributed by atoms with E-state index in [9.17, 15) is 22.4 Å². The first-order chi connectivity index (χ1) is 17.9. The molecule has 1 amide bonds. The molecule has 0 aliphatic carbocycles.